The molecule has 2 heterocycles. The number of imidazole rings is 1. The molecule has 116 valence electrons. The zero-order valence-electron chi connectivity index (χ0n) is 13.1. The van der Waals surface area contributed by atoms with Gasteiger partial charge in [-0.3, -0.25) is 0 Å². The Bertz CT molecular complexity index is 607. The monoisotopic (exact) mass is 371 g/mol. The molecule has 2 rings (SSSR count). The van der Waals surface area contributed by atoms with Crippen LogP contribution in [0, 0.1) is 5.92 Å². The van der Waals surface area contributed by atoms with Gasteiger partial charge in [0.25, 0.3) is 0 Å². The molecule has 0 amide bonds. The molecule has 0 aromatic carbocycles. The van der Waals surface area contributed by atoms with E-state index < -0.39 is 0 Å². The molecule has 3 nitrogen and oxygen atoms in total. The minimum Gasteiger partial charge on any atom is -0.309 e. The standard InChI is InChI=1S/C16H23BrClN3/c1-10(2)6-5-7-11(3)21-15(12(4)18)20-14-8-13(17)9-19-16(14)21/h8-12H,5-7H2,1-4H3. The molecule has 2 aromatic heterocycles. The van der Waals surface area contributed by atoms with Crippen molar-refractivity contribution in [1.29, 1.82) is 0 Å². The van der Waals surface area contributed by atoms with Crippen LogP contribution in [0.5, 0.6) is 0 Å². The zero-order valence-corrected chi connectivity index (χ0v) is 15.4. The molecule has 0 aliphatic heterocycles. The van der Waals surface area contributed by atoms with E-state index >= 15 is 0 Å². The van der Waals surface area contributed by atoms with E-state index in [-0.39, 0.29) is 5.38 Å². The van der Waals surface area contributed by atoms with Crippen LogP contribution in [0.15, 0.2) is 16.7 Å². The Kier molecular flexibility index (Phi) is 5.67. The van der Waals surface area contributed by atoms with Crippen molar-refractivity contribution in [2.45, 2.75) is 58.4 Å². The van der Waals surface area contributed by atoms with Crippen LogP contribution in [0.4, 0.5) is 0 Å². The molecular formula is C16H23BrClN3. The fourth-order valence-corrected chi connectivity index (χ4v) is 3.11. The second-order valence-corrected chi connectivity index (χ2v) is 7.70. The van der Waals surface area contributed by atoms with Crippen LogP contribution < -0.4 is 0 Å². The zero-order chi connectivity index (χ0) is 15.6. The molecule has 21 heavy (non-hydrogen) atoms. The third-order valence-electron chi connectivity index (χ3n) is 3.72. The van der Waals surface area contributed by atoms with Gasteiger partial charge in [0.05, 0.1) is 5.38 Å². The number of halogens is 2. The Morgan fingerprint density at radius 2 is 1.95 bits per heavy atom. The lowest BCUT2D eigenvalue weighted by atomic mass is 10.0. The fourth-order valence-electron chi connectivity index (χ4n) is 2.64. The number of nitrogens with zero attached hydrogens (tertiary/aromatic N) is 3. The summed E-state index contributed by atoms with van der Waals surface area (Å²) in [4.78, 5) is 9.22. The van der Waals surface area contributed by atoms with E-state index in [1.165, 1.54) is 12.8 Å². The van der Waals surface area contributed by atoms with E-state index in [9.17, 15) is 0 Å². The molecule has 0 N–H and O–H groups in total. The lowest BCUT2D eigenvalue weighted by molar-refractivity contribution is 0.443. The molecule has 0 aliphatic carbocycles. The van der Waals surface area contributed by atoms with E-state index in [1.807, 2.05) is 19.2 Å². The van der Waals surface area contributed by atoms with Gasteiger partial charge in [-0.2, -0.15) is 0 Å². The highest BCUT2D eigenvalue weighted by Crippen LogP contribution is 2.30. The van der Waals surface area contributed by atoms with Gasteiger partial charge in [0, 0.05) is 16.7 Å². The predicted octanol–water partition coefficient (Wildman–Crippen LogP) is 5.88. The van der Waals surface area contributed by atoms with E-state index in [2.05, 4.69) is 51.2 Å². The van der Waals surface area contributed by atoms with Gasteiger partial charge in [-0.25, -0.2) is 9.97 Å². The normalized spacial score (nSPS) is 14.8. The van der Waals surface area contributed by atoms with Crippen LogP contribution >= 0.6 is 27.5 Å². The summed E-state index contributed by atoms with van der Waals surface area (Å²) < 4.78 is 3.15. The van der Waals surface area contributed by atoms with Gasteiger partial charge in [-0.15, -0.1) is 11.6 Å². The Morgan fingerprint density at radius 1 is 1.24 bits per heavy atom. The van der Waals surface area contributed by atoms with Crippen molar-refractivity contribution < 1.29 is 0 Å². The summed E-state index contributed by atoms with van der Waals surface area (Å²) in [5.74, 6) is 1.66. The van der Waals surface area contributed by atoms with Gasteiger partial charge in [0.1, 0.15) is 11.3 Å². The number of fused-ring (bicyclic) bond motifs is 1. The highest BCUT2D eigenvalue weighted by Gasteiger charge is 2.20. The highest BCUT2D eigenvalue weighted by atomic mass is 79.9. The summed E-state index contributed by atoms with van der Waals surface area (Å²) in [6.07, 6.45) is 5.41. The van der Waals surface area contributed by atoms with Crippen molar-refractivity contribution in [2.75, 3.05) is 0 Å². The first kappa shape index (κ1) is 16.8. The first-order chi connectivity index (χ1) is 9.90. The summed E-state index contributed by atoms with van der Waals surface area (Å²) in [7, 11) is 0. The van der Waals surface area contributed by atoms with Crippen LogP contribution in [0.2, 0.25) is 0 Å². The van der Waals surface area contributed by atoms with E-state index in [4.69, 9.17) is 11.6 Å². The van der Waals surface area contributed by atoms with Crippen molar-refractivity contribution in [1.82, 2.24) is 14.5 Å². The van der Waals surface area contributed by atoms with Gasteiger partial charge in [0.2, 0.25) is 0 Å². The van der Waals surface area contributed by atoms with Crippen LogP contribution in [-0.4, -0.2) is 14.5 Å². The van der Waals surface area contributed by atoms with Gasteiger partial charge >= 0.3 is 0 Å². The molecule has 0 fully saturated rings. The maximum Gasteiger partial charge on any atom is 0.160 e. The smallest absolute Gasteiger partial charge is 0.160 e. The van der Waals surface area contributed by atoms with Gasteiger partial charge < -0.3 is 4.57 Å². The molecule has 0 saturated carbocycles. The molecule has 0 spiro atoms. The second kappa shape index (κ2) is 7.10. The second-order valence-electron chi connectivity index (χ2n) is 6.13. The molecule has 5 heteroatoms. The van der Waals surface area contributed by atoms with Crippen molar-refractivity contribution >= 4 is 38.7 Å². The fraction of sp³-hybridized carbons (Fsp3) is 0.625. The Morgan fingerprint density at radius 3 is 2.57 bits per heavy atom. The Hall–Kier alpha value is -0.610. The minimum absolute atomic E-state index is 0.120. The van der Waals surface area contributed by atoms with Gasteiger partial charge in [-0.05, 0) is 48.2 Å². The maximum absolute atomic E-state index is 6.33. The largest absolute Gasteiger partial charge is 0.309 e. The Balaban J connectivity index is 2.33. The van der Waals surface area contributed by atoms with Gasteiger partial charge in [0.15, 0.2) is 5.65 Å². The van der Waals surface area contributed by atoms with Crippen molar-refractivity contribution in [3.8, 4) is 0 Å². The van der Waals surface area contributed by atoms with Crippen molar-refractivity contribution in [3.05, 3.63) is 22.6 Å². The number of rotatable bonds is 6. The average molecular weight is 373 g/mol. The first-order valence-corrected chi connectivity index (χ1v) is 8.80. The number of aromatic nitrogens is 3. The molecule has 0 bridgehead atoms. The predicted molar refractivity (Wildman–Crippen MR) is 92.9 cm³/mol. The minimum atomic E-state index is -0.120. The van der Waals surface area contributed by atoms with Crippen LogP contribution in [-0.2, 0) is 0 Å². The number of hydrogen-bond acceptors (Lipinski definition) is 2. The van der Waals surface area contributed by atoms with Crippen LogP contribution in [0.25, 0.3) is 11.2 Å². The van der Waals surface area contributed by atoms with Crippen LogP contribution in [0.1, 0.15) is 64.2 Å². The summed E-state index contributed by atoms with van der Waals surface area (Å²) in [6, 6.07) is 2.36. The molecule has 2 atom stereocenters. The Labute approximate surface area is 140 Å². The van der Waals surface area contributed by atoms with Crippen molar-refractivity contribution in [2.24, 2.45) is 5.92 Å². The molecule has 2 aromatic rings. The average Bonchev–Trinajstić information content (AvgIpc) is 2.76. The van der Waals surface area contributed by atoms with Gasteiger partial charge in [-0.1, -0.05) is 26.7 Å². The molecule has 2 unspecified atom stereocenters. The third kappa shape index (κ3) is 3.98. The quantitative estimate of drug-likeness (QED) is 0.593. The lowest BCUT2D eigenvalue weighted by Gasteiger charge is -2.18. The maximum atomic E-state index is 6.33. The molecule has 0 saturated heterocycles. The highest BCUT2D eigenvalue weighted by molar-refractivity contribution is 9.10. The SMILES string of the molecule is CC(C)CCCC(C)n1c(C(C)Cl)nc2cc(Br)cnc21. The molecule has 0 aliphatic rings. The summed E-state index contributed by atoms with van der Waals surface area (Å²) in [5.41, 5.74) is 1.83. The van der Waals surface area contributed by atoms with E-state index in [1.54, 1.807) is 0 Å². The first-order valence-electron chi connectivity index (χ1n) is 7.57. The third-order valence-corrected chi connectivity index (χ3v) is 4.35. The number of pyridine rings is 1. The number of hydrogen-bond donors (Lipinski definition) is 0. The molecular weight excluding hydrogens is 350 g/mol. The van der Waals surface area contributed by atoms with E-state index in [0.29, 0.717) is 6.04 Å². The van der Waals surface area contributed by atoms with Crippen molar-refractivity contribution in [3.63, 3.8) is 0 Å². The topological polar surface area (TPSA) is 30.7 Å². The summed E-state index contributed by atoms with van der Waals surface area (Å²) in [6.45, 7) is 8.73. The number of alkyl halides is 1. The lowest BCUT2D eigenvalue weighted by Crippen LogP contribution is -2.11. The van der Waals surface area contributed by atoms with Crippen LogP contribution in [0.3, 0.4) is 0 Å². The van der Waals surface area contributed by atoms with E-state index in [0.717, 1.165) is 33.8 Å². The molecule has 0 radical (unpaired) electrons. The summed E-state index contributed by atoms with van der Waals surface area (Å²) in [5, 5.41) is -0.120. The summed E-state index contributed by atoms with van der Waals surface area (Å²) >= 11 is 9.78.